The molecular formula is C11H18S2. The molecule has 0 radical (unpaired) electrons. The van der Waals surface area contributed by atoms with E-state index in [1.54, 1.807) is 10.5 Å². The molecule has 0 bridgehead atoms. The lowest BCUT2D eigenvalue weighted by Crippen LogP contribution is -1.91. The van der Waals surface area contributed by atoms with Crippen molar-refractivity contribution in [2.75, 3.05) is 5.75 Å². The molecule has 1 aliphatic heterocycles. The first-order valence-electron chi connectivity index (χ1n) is 5.47. The molecule has 0 aromatic rings. The number of allylic oxidation sites excluding steroid dienone is 1. The van der Waals surface area contributed by atoms with Crippen molar-refractivity contribution in [2.24, 2.45) is 0 Å². The maximum Gasteiger partial charge on any atom is 0.0262 e. The largest absolute Gasteiger partial charge is 0.0848 e. The molecule has 0 spiro atoms. The molecule has 1 heterocycles. The summed E-state index contributed by atoms with van der Waals surface area (Å²) in [6, 6.07) is 0. The van der Waals surface area contributed by atoms with Gasteiger partial charge in [-0.15, -0.1) is 0 Å². The molecule has 2 aliphatic rings. The van der Waals surface area contributed by atoms with Crippen molar-refractivity contribution in [2.45, 2.75) is 51.4 Å². The summed E-state index contributed by atoms with van der Waals surface area (Å²) in [5.74, 6) is 1.32. The fraction of sp³-hybridized carbons (Fsp3) is 0.818. The van der Waals surface area contributed by atoms with Crippen LogP contribution in [0.1, 0.15) is 51.4 Å². The van der Waals surface area contributed by atoms with E-state index in [0.29, 0.717) is 0 Å². The molecule has 2 heteroatoms. The van der Waals surface area contributed by atoms with E-state index >= 15 is 0 Å². The Morgan fingerprint density at radius 2 is 1.46 bits per heavy atom. The van der Waals surface area contributed by atoms with Crippen LogP contribution in [-0.2, 0) is 0 Å². The van der Waals surface area contributed by atoms with E-state index in [9.17, 15) is 0 Å². The van der Waals surface area contributed by atoms with Crippen molar-refractivity contribution in [1.29, 1.82) is 0 Å². The SMILES string of the molecule is C1CCCCC2=C(CCC1)CSS2. The molecule has 74 valence electrons. The van der Waals surface area contributed by atoms with E-state index < -0.39 is 0 Å². The van der Waals surface area contributed by atoms with Gasteiger partial charge in [-0.25, -0.2) is 0 Å². The molecule has 0 nitrogen and oxygen atoms in total. The van der Waals surface area contributed by atoms with Gasteiger partial charge >= 0.3 is 0 Å². The number of hydrogen-bond acceptors (Lipinski definition) is 2. The summed E-state index contributed by atoms with van der Waals surface area (Å²) in [7, 11) is 4.12. The van der Waals surface area contributed by atoms with E-state index in [1.807, 2.05) is 0 Å². The van der Waals surface area contributed by atoms with Crippen LogP contribution in [0.2, 0.25) is 0 Å². The molecular weight excluding hydrogens is 196 g/mol. The second kappa shape index (κ2) is 5.35. The van der Waals surface area contributed by atoms with E-state index in [-0.39, 0.29) is 0 Å². The van der Waals surface area contributed by atoms with Crippen LogP contribution < -0.4 is 0 Å². The van der Waals surface area contributed by atoms with Gasteiger partial charge in [0, 0.05) is 5.75 Å². The zero-order valence-electron chi connectivity index (χ0n) is 8.18. The van der Waals surface area contributed by atoms with Gasteiger partial charge in [-0.1, -0.05) is 47.3 Å². The standard InChI is InChI=1S/C11H18S2/c1-2-4-6-8-11-10(7-5-3-1)9-12-13-11/h1-9H2. The van der Waals surface area contributed by atoms with Gasteiger partial charge in [-0.2, -0.15) is 0 Å². The van der Waals surface area contributed by atoms with Crippen molar-refractivity contribution >= 4 is 21.6 Å². The van der Waals surface area contributed by atoms with Crippen LogP contribution in [0.15, 0.2) is 10.5 Å². The molecule has 1 aliphatic carbocycles. The van der Waals surface area contributed by atoms with E-state index in [2.05, 4.69) is 21.6 Å². The predicted molar refractivity (Wildman–Crippen MR) is 64.0 cm³/mol. The fourth-order valence-corrected chi connectivity index (χ4v) is 4.98. The third-order valence-electron chi connectivity index (χ3n) is 2.92. The highest BCUT2D eigenvalue weighted by Gasteiger charge is 2.15. The fourth-order valence-electron chi connectivity index (χ4n) is 2.07. The summed E-state index contributed by atoms with van der Waals surface area (Å²) in [4.78, 5) is 1.74. The van der Waals surface area contributed by atoms with Gasteiger partial charge < -0.3 is 0 Å². The quantitative estimate of drug-likeness (QED) is 0.533. The van der Waals surface area contributed by atoms with Crippen molar-refractivity contribution in [3.05, 3.63) is 10.5 Å². The Labute approximate surface area is 89.3 Å². The lowest BCUT2D eigenvalue weighted by Gasteiger charge is -2.09. The lowest BCUT2D eigenvalue weighted by molar-refractivity contribution is 0.584. The van der Waals surface area contributed by atoms with Crippen LogP contribution >= 0.6 is 21.6 Å². The molecule has 0 unspecified atom stereocenters. The van der Waals surface area contributed by atoms with Gasteiger partial charge in [0.15, 0.2) is 0 Å². The molecule has 0 N–H and O–H groups in total. The van der Waals surface area contributed by atoms with Crippen LogP contribution in [0.3, 0.4) is 0 Å². The van der Waals surface area contributed by atoms with Crippen molar-refractivity contribution < 1.29 is 0 Å². The maximum absolute atomic E-state index is 2.06. The van der Waals surface area contributed by atoms with Crippen LogP contribution in [0.5, 0.6) is 0 Å². The second-order valence-corrected chi connectivity index (χ2v) is 6.38. The van der Waals surface area contributed by atoms with E-state index in [0.717, 1.165) is 0 Å². The van der Waals surface area contributed by atoms with Gasteiger partial charge in [0.1, 0.15) is 0 Å². The highest BCUT2D eigenvalue weighted by molar-refractivity contribution is 8.78. The van der Waals surface area contributed by atoms with Crippen molar-refractivity contribution in [3.8, 4) is 0 Å². The minimum atomic E-state index is 1.32. The summed E-state index contributed by atoms with van der Waals surface area (Å²) in [6.07, 6.45) is 11.5. The zero-order valence-corrected chi connectivity index (χ0v) is 9.81. The van der Waals surface area contributed by atoms with Crippen molar-refractivity contribution in [3.63, 3.8) is 0 Å². The molecule has 0 amide bonds. The average Bonchev–Trinajstić information content (AvgIpc) is 2.59. The first kappa shape index (κ1) is 9.97. The Bertz CT molecular complexity index is 176. The number of rotatable bonds is 0. The minimum Gasteiger partial charge on any atom is -0.0848 e. The average molecular weight is 214 g/mol. The summed E-state index contributed by atoms with van der Waals surface area (Å²) < 4.78 is 0. The second-order valence-electron chi connectivity index (χ2n) is 3.99. The molecule has 0 aromatic carbocycles. The highest BCUT2D eigenvalue weighted by Crippen LogP contribution is 2.45. The number of hydrogen-bond donors (Lipinski definition) is 0. The third kappa shape index (κ3) is 2.95. The first-order chi connectivity index (χ1) is 6.47. The summed E-state index contributed by atoms with van der Waals surface area (Å²) in [5, 5.41) is 0. The third-order valence-corrected chi connectivity index (χ3v) is 5.51. The Hall–Kier alpha value is 0.440. The molecule has 13 heavy (non-hydrogen) atoms. The first-order valence-corrected chi connectivity index (χ1v) is 7.79. The van der Waals surface area contributed by atoms with Gasteiger partial charge in [-0.3, -0.25) is 0 Å². The van der Waals surface area contributed by atoms with E-state index in [4.69, 9.17) is 0 Å². The van der Waals surface area contributed by atoms with Crippen LogP contribution in [0, 0.1) is 0 Å². The molecule has 0 atom stereocenters. The smallest absolute Gasteiger partial charge is 0.0262 e. The normalized spacial score (nSPS) is 25.8. The summed E-state index contributed by atoms with van der Waals surface area (Å²) in [5.41, 5.74) is 1.79. The lowest BCUT2D eigenvalue weighted by atomic mass is 10.0. The van der Waals surface area contributed by atoms with Gasteiger partial charge in [0.2, 0.25) is 0 Å². The van der Waals surface area contributed by atoms with Crippen molar-refractivity contribution in [1.82, 2.24) is 0 Å². The molecule has 0 saturated heterocycles. The van der Waals surface area contributed by atoms with Gasteiger partial charge in [0.25, 0.3) is 0 Å². The molecule has 2 rings (SSSR count). The summed E-state index contributed by atoms with van der Waals surface area (Å²) >= 11 is 0. The van der Waals surface area contributed by atoms with Gasteiger partial charge in [-0.05, 0) is 36.2 Å². The Kier molecular flexibility index (Phi) is 4.11. The monoisotopic (exact) mass is 214 g/mol. The highest BCUT2D eigenvalue weighted by atomic mass is 33.1. The Balaban J connectivity index is 1.94. The minimum absolute atomic E-state index is 1.32. The zero-order chi connectivity index (χ0) is 8.93. The molecule has 0 fully saturated rings. The predicted octanol–water partition coefficient (Wildman–Crippen LogP) is 4.77. The topological polar surface area (TPSA) is 0 Å². The van der Waals surface area contributed by atoms with Crippen LogP contribution in [0.4, 0.5) is 0 Å². The molecule has 0 saturated carbocycles. The summed E-state index contributed by atoms with van der Waals surface area (Å²) in [6.45, 7) is 0. The Morgan fingerprint density at radius 3 is 2.31 bits per heavy atom. The van der Waals surface area contributed by atoms with E-state index in [1.165, 1.54) is 57.1 Å². The van der Waals surface area contributed by atoms with Gasteiger partial charge in [0.05, 0.1) is 0 Å². The maximum atomic E-state index is 2.06. The molecule has 0 aromatic heterocycles. The Morgan fingerprint density at radius 1 is 0.769 bits per heavy atom. The van der Waals surface area contributed by atoms with Crippen LogP contribution in [0.25, 0.3) is 0 Å². The van der Waals surface area contributed by atoms with Crippen LogP contribution in [-0.4, -0.2) is 5.75 Å².